The normalized spacial score (nSPS) is 21.2. The van der Waals surface area contributed by atoms with Crippen LogP contribution in [0.2, 0.25) is 0 Å². The zero-order valence-electron chi connectivity index (χ0n) is 7.97. The van der Waals surface area contributed by atoms with Crippen molar-refractivity contribution in [2.75, 3.05) is 20.1 Å². The zero-order chi connectivity index (χ0) is 8.97. The first-order valence-electron chi connectivity index (χ1n) is 4.69. The number of likely N-dealkylation sites (N-methyl/N-ethyl adjacent to an activating group) is 1. The maximum atomic E-state index is 11.4. The van der Waals surface area contributed by atoms with Crippen LogP contribution in [0.25, 0.3) is 0 Å². The number of rotatable bonds is 3. The van der Waals surface area contributed by atoms with Crippen molar-refractivity contribution in [1.29, 1.82) is 0 Å². The highest BCUT2D eigenvalue weighted by Gasteiger charge is 2.21. The van der Waals surface area contributed by atoms with Gasteiger partial charge in [-0.2, -0.15) is 0 Å². The number of nitrogens with zero attached hydrogens (tertiary/aromatic N) is 1. The highest BCUT2D eigenvalue weighted by molar-refractivity contribution is 5.77. The number of hydrogen-bond acceptors (Lipinski definition) is 2. The van der Waals surface area contributed by atoms with Gasteiger partial charge >= 0.3 is 0 Å². The third-order valence-corrected chi connectivity index (χ3v) is 2.39. The minimum absolute atomic E-state index is 0.323. The predicted octanol–water partition coefficient (Wildman–Crippen LogP) is 0.607. The Balaban J connectivity index is 2.42. The summed E-state index contributed by atoms with van der Waals surface area (Å²) in [5.41, 5.74) is 0. The van der Waals surface area contributed by atoms with E-state index in [1.807, 2.05) is 11.9 Å². The summed E-state index contributed by atoms with van der Waals surface area (Å²) in [4.78, 5) is 13.4. The Morgan fingerprint density at radius 2 is 2.33 bits per heavy atom. The number of likely N-dealkylation sites (tertiary alicyclic amines) is 1. The molecule has 1 heterocycles. The van der Waals surface area contributed by atoms with E-state index in [9.17, 15) is 4.79 Å². The summed E-state index contributed by atoms with van der Waals surface area (Å²) in [6.45, 7) is 3.94. The quantitative estimate of drug-likeness (QED) is 0.673. The van der Waals surface area contributed by atoms with Crippen LogP contribution >= 0.6 is 0 Å². The van der Waals surface area contributed by atoms with Gasteiger partial charge in [0.2, 0.25) is 5.91 Å². The molecule has 1 amide bonds. The summed E-state index contributed by atoms with van der Waals surface area (Å²) < 4.78 is 0. The van der Waals surface area contributed by atoms with Crippen molar-refractivity contribution in [3.05, 3.63) is 0 Å². The molecule has 0 aliphatic carbocycles. The van der Waals surface area contributed by atoms with Gasteiger partial charge in [0, 0.05) is 25.6 Å². The van der Waals surface area contributed by atoms with Crippen LogP contribution in [0.3, 0.4) is 0 Å². The lowest BCUT2D eigenvalue weighted by molar-refractivity contribution is -0.135. The molecule has 3 nitrogen and oxygen atoms in total. The monoisotopic (exact) mass is 170 g/mol. The minimum Gasteiger partial charge on any atom is -0.339 e. The van der Waals surface area contributed by atoms with Gasteiger partial charge in [-0.05, 0) is 26.8 Å². The SMILES string of the molecule is CNCC(C)N1CCCCC1=O. The molecule has 1 rings (SSSR count). The zero-order valence-corrected chi connectivity index (χ0v) is 7.97. The fourth-order valence-electron chi connectivity index (χ4n) is 1.70. The molecule has 0 saturated carbocycles. The molecule has 0 spiro atoms. The summed E-state index contributed by atoms with van der Waals surface area (Å²) in [6, 6.07) is 0.350. The molecule has 1 aliphatic heterocycles. The Bertz CT molecular complexity index is 159. The molecule has 1 aliphatic rings. The van der Waals surface area contributed by atoms with Crippen LogP contribution < -0.4 is 5.32 Å². The maximum absolute atomic E-state index is 11.4. The van der Waals surface area contributed by atoms with Crippen molar-refractivity contribution in [2.24, 2.45) is 0 Å². The molecule has 1 fully saturated rings. The van der Waals surface area contributed by atoms with Gasteiger partial charge in [-0.15, -0.1) is 0 Å². The topological polar surface area (TPSA) is 32.3 Å². The molecule has 0 bridgehead atoms. The number of carbonyl (C=O) groups is 1. The number of piperidine rings is 1. The second-order valence-corrected chi connectivity index (χ2v) is 3.45. The molecule has 1 unspecified atom stereocenters. The van der Waals surface area contributed by atoms with Gasteiger partial charge in [-0.25, -0.2) is 0 Å². The lowest BCUT2D eigenvalue weighted by Gasteiger charge is -2.32. The van der Waals surface area contributed by atoms with Crippen molar-refractivity contribution in [3.63, 3.8) is 0 Å². The number of amides is 1. The smallest absolute Gasteiger partial charge is 0.222 e. The van der Waals surface area contributed by atoms with Crippen LogP contribution in [-0.2, 0) is 4.79 Å². The van der Waals surface area contributed by atoms with E-state index < -0.39 is 0 Å². The van der Waals surface area contributed by atoms with Crippen LogP contribution in [-0.4, -0.2) is 37.0 Å². The molecule has 0 aromatic rings. The van der Waals surface area contributed by atoms with Crippen LogP contribution in [0.4, 0.5) is 0 Å². The van der Waals surface area contributed by atoms with E-state index in [-0.39, 0.29) is 0 Å². The average Bonchev–Trinajstić information content (AvgIpc) is 2.05. The van der Waals surface area contributed by atoms with Gasteiger partial charge in [-0.3, -0.25) is 4.79 Å². The van der Waals surface area contributed by atoms with Crippen LogP contribution in [0, 0.1) is 0 Å². The molecule has 0 aromatic carbocycles. The van der Waals surface area contributed by atoms with E-state index in [1.165, 1.54) is 6.42 Å². The van der Waals surface area contributed by atoms with Crippen molar-refractivity contribution in [2.45, 2.75) is 32.2 Å². The molecular formula is C9H18N2O. The minimum atomic E-state index is 0.323. The first kappa shape index (κ1) is 9.52. The molecule has 0 radical (unpaired) electrons. The van der Waals surface area contributed by atoms with Crippen LogP contribution in [0.1, 0.15) is 26.2 Å². The summed E-state index contributed by atoms with van der Waals surface area (Å²) in [6.07, 6.45) is 2.98. The Morgan fingerprint density at radius 3 is 2.92 bits per heavy atom. The van der Waals surface area contributed by atoms with E-state index >= 15 is 0 Å². The third kappa shape index (κ3) is 2.21. The molecule has 1 N–H and O–H groups in total. The standard InChI is InChI=1S/C9H18N2O/c1-8(7-10-2)11-6-4-3-5-9(11)12/h8,10H,3-7H2,1-2H3. The van der Waals surface area contributed by atoms with Gasteiger partial charge in [0.15, 0.2) is 0 Å². The summed E-state index contributed by atoms with van der Waals surface area (Å²) in [7, 11) is 1.92. The molecule has 70 valence electrons. The van der Waals surface area contributed by atoms with E-state index in [0.29, 0.717) is 11.9 Å². The summed E-state index contributed by atoms with van der Waals surface area (Å²) in [5, 5.41) is 3.09. The number of nitrogens with one attached hydrogen (secondary N) is 1. The van der Waals surface area contributed by atoms with Crippen LogP contribution in [0.15, 0.2) is 0 Å². The summed E-state index contributed by atoms with van der Waals surface area (Å²) in [5.74, 6) is 0.323. The fraction of sp³-hybridized carbons (Fsp3) is 0.889. The Morgan fingerprint density at radius 1 is 1.58 bits per heavy atom. The van der Waals surface area contributed by atoms with E-state index in [4.69, 9.17) is 0 Å². The molecule has 1 saturated heterocycles. The van der Waals surface area contributed by atoms with Gasteiger partial charge < -0.3 is 10.2 Å². The predicted molar refractivity (Wildman–Crippen MR) is 49.0 cm³/mol. The van der Waals surface area contributed by atoms with Gasteiger partial charge in [0.1, 0.15) is 0 Å². The molecule has 1 atom stereocenters. The first-order valence-corrected chi connectivity index (χ1v) is 4.69. The lowest BCUT2D eigenvalue weighted by Crippen LogP contribution is -2.45. The second-order valence-electron chi connectivity index (χ2n) is 3.45. The van der Waals surface area contributed by atoms with E-state index in [2.05, 4.69) is 12.2 Å². The van der Waals surface area contributed by atoms with Crippen molar-refractivity contribution < 1.29 is 4.79 Å². The molecule has 12 heavy (non-hydrogen) atoms. The van der Waals surface area contributed by atoms with Crippen molar-refractivity contribution >= 4 is 5.91 Å². The van der Waals surface area contributed by atoms with Crippen molar-refractivity contribution in [1.82, 2.24) is 10.2 Å². The van der Waals surface area contributed by atoms with E-state index in [1.54, 1.807) is 0 Å². The van der Waals surface area contributed by atoms with E-state index in [0.717, 1.165) is 25.9 Å². The Kier molecular flexibility index (Phi) is 3.53. The highest BCUT2D eigenvalue weighted by Crippen LogP contribution is 2.12. The second kappa shape index (κ2) is 4.45. The van der Waals surface area contributed by atoms with Gasteiger partial charge in [0.25, 0.3) is 0 Å². The van der Waals surface area contributed by atoms with Gasteiger partial charge in [0.05, 0.1) is 0 Å². The number of carbonyl (C=O) groups excluding carboxylic acids is 1. The maximum Gasteiger partial charge on any atom is 0.222 e. The fourth-order valence-corrected chi connectivity index (χ4v) is 1.70. The third-order valence-electron chi connectivity index (χ3n) is 2.39. The first-order chi connectivity index (χ1) is 5.75. The number of hydrogen-bond donors (Lipinski definition) is 1. The van der Waals surface area contributed by atoms with Crippen molar-refractivity contribution in [3.8, 4) is 0 Å². The highest BCUT2D eigenvalue weighted by atomic mass is 16.2. The molecule has 0 aromatic heterocycles. The molecule has 3 heteroatoms. The molecular weight excluding hydrogens is 152 g/mol. The largest absolute Gasteiger partial charge is 0.339 e. The van der Waals surface area contributed by atoms with Gasteiger partial charge in [-0.1, -0.05) is 0 Å². The Hall–Kier alpha value is -0.570. The summed E-state index contributed by atoms with van der Waals surface area (Å²) >= 11 is 0. The van der Waals surface area contributed by atoms with Crippen LogP contribution in [0.5, 0.6) is 0 Å². The lowest BCUT2D eigenvalue weighted by atomic mass is 10.1. The Labute approximate surface area is 74.1 Å². The average molecular weight is 170 g/mol.